The average molecular weight is 286 g/mol. The van der Waals surface area contributed by atoms with E-state index in [4.69, 9.17) is 0 Å². The lowest BCUT2D eigenvalue weighted by molar-refractivity contribution is -0.141. The van der Waals surface area contributed by atoms with Gasteiger partial charge in [-0.25, -0.2) is 0 Å². The van der Waals surface area contributed by atoms with E-state index in [0.717, 1.165) is 0 Å². The van der Waals surface area contributed by atoms with E-state index >= 15 is 0 Å². The van der Waals surface area contributed by atoms with Gasteiger partial charge in [0.25, 0.3) is 0 Å². The number of carbonyl (C=O) groups is 3. The lowest BCUT2D eigenvalue weighted by atomic mass is 9.96. The van der Waals surface area contributed by atoms with Gasteiger partial charge >= 0.3 is 5.97 Å². The van der Waals surface area contributed by atoms with Crippen molar-refractivity contribution < 1.29 is 19.1 Å². The fraction of sp³-hybridized carbons (Fsp3) is 0.786. The van der Waals surface area contributed by atoms with E-state index in [2.05, 4.69) is 10.1 Å². The van der Waals surface area contributed by atoms with Gasteiger partial charge in [-0.3, -0.25) is 14.4 Å². The minimum atomic E-state index is -0.415. The van der Waals surface area contributed by atoms with E-state index in [9.17, 15) is 14.4 Å². The van der Waals surface area contributed by atoms with Crippen LogP contribution in [0.2, 0.25) is 0 Å². The molecule has 0 saturated heterocycles. The summed E-state index contributed by atoms with van der Waals surface area (Å²) in [7, 11) is 2.97. The Bertz CT molecular complexity index is 348. The Hall–Kier alpha value is -1.59. The number of carbonyl (C=O) groups excluding carboxylic acids is 3. The van der Waals surface area contributed by atoms with Crippen LogP contribution in [0.1, 0.15) is 40.0 Å². The molecule has 0 radical (unpaired) electrons. The van der Waals surface area contributed by atoms with Gasteiger partial charge in [-0.1, -0.05) is 20.8 Å². The molecule has 20 heavy (non-hydrogen) atoms. The molecular formula is C14H26N2O4. The quantitative estimate of drug-likeness (QED) is 0.558. The normalized spacial score (nSPS) is 10.8. The standard InChI is InChI=1S/C14H26N2O4/c1-14(2,3)13(19)15-9-6-7-11(17)16(4)10-8-12(18)20-5/h6-10H2,1-5H3,(H,15,19). The van der Waals surface area contributed by atoms with Crippen LogP contribution in [0.25, 0.3) is 0 Å². The smallest absolute Gasteiger partial charge is 0.307 e. The Morgan fingerprint density at radius 2 is 1.75 bits per heavy atom. The topological polar surface area (TPSA) is 75.7 Å². The highest BCUT2D eigenvalue weighted by Crippen LogP contribution is 2.12. The number of esters is 1. The van der Waals surface area contributed by atoms with Crippen LogP contribution < -0.4 is 5.32 Å². The van der Waals surface area contributed by atoms with Crippen LogP contribution in [-0.2, 0) is 19.1 Å². The summed E-state index contributed by atoms with van der Waals surface area (Å²) >= 11 is 0. The predicted molar refractivity (Wildman–Crippen MR) is 76.0 cm³/mol. The van der Waals surface area contributed by atoms with Crippen LogP contribution in [0.15, 0.2) is 0 Å². The first-order valence-electron chi connectivity index (χ1n) is 6.77. The van der Waals surface area contributed by atoms with E-state index in [1.54, 1.807) is 7.05 Å². The second-order valence-corrected chi connectivity index (χ2v) is 5.75. The van der Waals surface area contributed by atoms with Crippen LogP contribution in [0, 0.1) is 5.41 Å². The summed E-state index contributed by atoms with van der Waals surface area (Å²) in [5.74, 6) is -0.398. The molecule has 116 valence electrons. The number of hydrogen-bond donors (Lipinski definition) is 1. The molecular weight excluding hydrogens is 260 g/mol. The molecule has 1 N–H and O–H groups in total. The third-order valence-corrected chi connectivity index (χ3v) is 2.84. The van der Waals surface area contributed by atoms with Crippen LogP contribution in [-0.4, -0.2) is 49.9 Å². The van der Waals surface area contributed by atoms with Crippen LogP contribution in [0.4, 0.5) is 0 Å². The summed E-state index contributed by atoms with van der Waals surface area (Å²) in [6.07, 6.45) is 1.13. The lowest BCUT2D eigenvalue weighted by Crippen LogP contribution is -2.36. The zero-order valence-corrected chi connectivity index (χ0v) is 13.1. The molecule has 0 aliphatic heterocycles. The summed E-state index contributed by atoms with van der Waals surface area (Å²) in [6, 6.07) is 0. The third kappa shape index (κ3) is 7.76. The predicted octanol–water partition coefficient (Wildman–Crippen LogP) is 0.950. The van der Waals surface area contributed by atoms with E-state index in [-0.39, 0.29) is 24.2 Å². The lowest BCUT2D eigenvalue weighted by Gasteiger charge is -2.18. The maximum absolute atomic E-state index is 11.7. The third-order valence-electron chi connectivity index (χ3n) is 2.84. The van der Waals surface area contributed by atoms with Crippen molar-refractivity contribution in [1.82, 2.24) is 10.2 Å². The highest BCUT2D eigenvalue weighted by Gasteiger charge is 2.20. The van der Waals surface area contributed by atoms with Crippen molar-refractivity contribution in [3.05, 3.63) is 0 Å². The zero-order chi connectivity index (χ0) is 15.8. The monoisotopic (exact) mass is 286 g/mol. The Kier molecular flexibility index (Phi) is 7.87. The van der Waals surface area contributed by atoms with Gasteiger partial charge in [0.05, 0.1) is 13.5 Å². The largest absolute Gasteiger partial charge is 0.469 e. The van der Waals surface area contributed by atoms with E-state index in [0.29, 0.717) is 25.9 Å². The summed E-state index contributed by atoms with van der Waals surface area (Å²) in [4.78, 5) is 35.8. The highest BCUT2D eigenvalue weighted by atomic mass is 16.5. The van der Waals surface area contributed by atoms with Crippen molar-refractivity contribution in [2.45, 2.75) is 40.0 Å². The molecule has 2 amide bonds. The molecule has 6 nitrogen and oxygen atoms in total. The number of rotatable bonds is 7. The van der Waals surface area contributed by atoms with Crippen molar-refractivity contribution >= 4 is 17.8 Å². The summed E-state index contributed by atoms with van der Waals surface area (Å²) in [5, 5.41) is 2.79. The maximum atomic E-state index is 11.7. The number of methoxy groups -OCH3 is 1. The van der Waals surface area contributed by atoms with Gasteiger partial charge in [0.15, 0.2) is 0 Å². The molecule has 0 saturated carbocycles. The van der Waals surface area contributed by atoms with Crippen LogP contribution in [0.5, 0.6) is 0 Å². The highest BCUT2D eigenvalue weighted by molar-refractivity contribution is 5.81. The van der Waals surface area contributed by atoms with Gasteiger partial charge in [0, 0.05) is 32.0 Å². The van der Waals surface area contributed by atoms with Gasteiger partial charge in [-0.2, -0.15) is 0 Å². The fourth-order valence-electron chi connectivity index (χ4n) is 1.38. The van der Waals surface area contributed by atoms with Crippen LogP contribution >= 0.6 is 0 Å². The number of ether oxygens (including phenoxy) is 1. The van der Waals surface area contributed by atoms with E-state index in [1.807, 2.05) is 20.8 Å². The van der Waals surface area contributed by atoms with Crippen molar-refractivity contribution in [3.8, 4) is 0 Å². The Morgan fingerprint density at radius 3 is 2.25 bits per heavy atom. The van der Waals surface area contributed by atoms with E-state index in [1.165, 1.54) is 12.0 Å². The zero-order valence-electron chi connectivity index (χ0n) is 13.1. The molecule has 0 aromatic rings. The van der Waals surface area contributed by atoms with Gasteiger partial charge in [-0.15, -0.1) is 0 Å². The van der Waals surface area contributed by atoms with Gasteiger partial charge < -0.3 is 15.0 Å². The molecule has 0 spiro atoms. The Morgan fingerprint density at radius 1 is 1.15 bits per heavy atom. The minimum absolute atomic E-state index is 0.0241. The number of nitrogens with one attached hydrogen (secondary N) is 1. The Balaban J connectivity index is 3.83. The van der Waals surface area contributed by atoms with Gasteiger partial charge in [-0.05, 0) is 6.42 Å². The molecule has 0 atom stereocenters. The molecule has 0 rings (SSSR count). The molecule has 0 bridgehead atoms. The van der Waals surface area contributed by atoms with Crippen LogP contribution in [0.3, 0.4) is 0 Å². The van der Waals surface area contributed by atoms with Crippen molar-refractivity contribution in [1.29, 1.82) is 0 Å². The molecule has 0 fully saturated rings. The second kappa shape index (κ2) is 8.55. The minimum Gasteiger partial charge on any atom is -0.469 e. The van der Waals surface area contributed by atoms with Gasteiger partial charge in [0.2, 0.25) is 11.8 Å². The van der Waals surface area contributed by atoms with Crippen molar-refractivity contribution in [2.24, 2.45) is 5.41 Å². The molecule has 0 aliphatic rings. The molecule has 0 aromatic carbocycles. The average Bonchev–Trinajstić information content (AvgIpc) is 2.38. The summed E-state index contributed by atoms with van der Waals surface area (Å²) in [6.45, 7) is 6.35. The van der Waals surface area contributed by atoms with Crippen molar-refractivity contribution in [3.63, 3.8) is 0 Å². The number of hydrogen-bond acceptors (Lipinski definition) is 4. The molecule has 0 aromatic heterocycles. The first-order valence-corrected chi connectivity index (χ1v) is 6.77. The molecule has 0 aliphatic carbocycles. The van der Waals surface area contributed by atoms with Crippen molar-refractivity contribution in [2.75, 3.05) is 27.2 Å². The van der Waals surface area contributed by atoms with Gasteiger partial charge in [0.1, 0.15) is 0 Å². The first kappa shape index (κ1) is 18.4. The second-order valence-electron chi connectivity index (χ2n) is 5.75. The van der Waals surface area contributed by atoms with E-state index < -0.39 is 5.41 Å². The first-order chi connectivity index (χ1) is 9.18. The number of amides is 2. The molecule has 0 unspecified atom stereocenters. The summed E-state index contributed by atoms with van der Waals surface area (Å²) in [5.41, 5.74) is -0.415. The molecule has 0 heterocycles. The Labute approximate surface area is 120 Å². The maximum Gasteiger partial charge on any atom is 0.307 e. The fourth-order valence-corrected chi connectivity index (χ4v) is 1.38. The SMILES string of the molecule is COC(=O)CCN(C)C(=O)CCCNC(=O)C(C)(C)C. The molecule has 6 heteroatoms. The number of nitrogens with zero attached hydrogens (tertiary/aromatic N) is 1. The summed E-state index contributed by atoms with van der Waals surface area (Å²) < 4.78 is 4.51.